The fourth-order valence-electron chi connectivity index (χ4n) is 3.38. The van der Waals surface area contributed by atoms with Crippen molar-refractivity contribution in [3.05, 3.63) is 36.4 Å². The Morgan fingerprint density at radius 1 is 1.22 bits per heavy atom. The molecular weight excluding hydrogens is 386 g/mol. The highest BCUT2D eigenvalue weighted by Gasteiger charge is 2.39. The molecular formula is C19H21NO5S2. The normalized spacial score (nSPS) is 19.2. The average molecular weight is 408 g/mol. The van der Waals surface area contributed by atoms with Gasteiger partial charge in [-0.2, -0.15) is 4.31 Å². The fourth-order valence-corrected chi connectivity index (χ4v) is 6.97. The van der Waals surface area contributed by atoms with E-state index in [4.69, 9.17) is 11.2 Å². The van der Waals surface area contributed by atoms with Crippen molar-refractivity contribution >= 4 is 30.6 Å². The number of hydrogen-bond donors (Lipinski definition) is 0. The molecule has 1 saturated heterocycles. The summed E-state index contributed by atoms with van der Waals surface area (Å²) in [4.78, 5) is 0.0982. The van der Waals surface area contributed by atoms with Gasteiger partial charge in [-0.3, -0.25) is 0 Å². The van der Waals surface area contributed by atoms with E-state index in [0.717, 1.165) is 4.31 Å². The third kappa shape index (κ3) is 3.81. The molecule has 27 heavy (non-hydrogen) atoms. The summed E-state index contributed by atoms with van der Waals surface area (Å²) in [7, 11) is -7.24. The summed E-state index contributed by atoms with van der Waals surface area (Å²) in [6.45, 7) is 2.14. The van der Waals surface area contributed by atoms with Gasteiger partial charge in [0.1, 0.15) is 5.75 Å². The number of terminal acetylenes is 1. The second kappa shape index (κ2) is 7.50. The Hall–Kier alpha value is -2.08. The Morgan fingerprint density at radius 2 is 1.93 bits per heavy atom. The van der Waals surface area contributed by atoms with E-state index in [1.165, 1.54) is 6.07 Å². The molecule has 6 nitrogen and oxygen atoms in total. The topological polar surface area (TPSA) is 80.8 Å². The van der Waals surface area contributed by atoms with E-state index >= 15 is 0 Å². The van der Waals surface area contributed by atoms with Crippen molar-refractivity contribution in [3.8, 4) is 18.1 Å². The summed E-state index contributed by atoms with van der Waals surface area (Å²) in [5.74, 6) is 2.72. The van der Waals surface area contributed by atoms with Crippen LogP contribution in [0, 0.1) is 12.3 Å². The Labute approximate surface area is 160 Å². The molecule has 1 atom stereocenters. The molecule has 1 fully saturated rings. The molecule has 2 aromatic carbocycles. The molecule has 144 valence electrons. The maximum Gasteiger partial charge on any atom is 0.244 e. The maximum absolute atomic E-state index is 13.4. The first-order valence-corrected chi connectivity index (χ1v) is 11.9. The number of rotatable bonds is 6. The molecule has 1 aliphatic heterocycles. The number of fused-ring (bicyclic) bond motifs is 1. The highest BCUT2D eigenvalue weighted by Crippen LogP contribution is 2.34. The van der Waals surface area contributed by atoms with Crippen molar-refractivity contribution < 1.29 is 21.6 Å². The third-order valence-corrected chi connectivity index (χ3v) is 8.30. The zero-order chi connectivity index (χ0) is 19.7. The number of nitrogens with zero attached hydrogens (tertiary/aromatic N) is 1. The van der Waals surface area contributed by atoms with Crippen LogP contribution in [0.2, 0.25) is 0 Å². The molecule has 3 rings (SSSR count). The van der Waals surface area contributed by atoms with Gasteiger partial charge in [-0.15, -0.1) is 6.42 Å². The lowest BCUT2D eigenvalue weighted by molar-refractivity contribution is 0.344. The van der Waals surface area contributed by atoms with E-state index in [1.54, 1.807) is 24.3 Å². The van der Waals surface area contributed by atoms with E-state index in [1.807, 2.05) is 13.0 Å². The Kier molecular flexibility index (Phi) is 5.47. The summed E-state index contributed by atoms with van der Waals surface area (Å²) < 4.78 is 57.2. The Morgan fingerprint density at radius 3 is 2.52 bits per heavy atom. The molecule has 0 N–H and O–H groups in total. The minimum absolute atomic E-state index is 0.0295. The van der Waals surface area contributed by atoms with Crippen molar-refractivity contribution in [3.63, 3.8) is 0 Å². The van der Waals surface area contributed by atoms with Gasteiger partial charge in [0.05, 0.1) is 29.6 Å². The molecule has 2 aromatic rings. The Balaban J connectivity index is 2.13. The third-order valence-electron chi connectivity index (χ3n) is 4.59. The van der Waals surface area contributed by atoms with E-state index in [9.17, 15) is 16.8 Å². The summed E-state index contributed by atoms with van der Waals surface area (Å²) in [5, 5.41) is 1.20. The van der Waals surface area contributed by atoms with Crippen LogP contribution in [0.15, 0.2) is 41.3 Å². The van der Waals surface area contributed by atoms with Crippen molar-refractivity contribution in [2.24, 2.45) is 0 Å². The van der Waals surface area contributed by atoms with Crippen LogP contribution < -0.4 is 4.74 Å². The van der Waals surface area contributed by atoms with Gasteiger partial charge in [-0.05, 0) is 25.5 Å². The van der Waals surface area contributed by atoms with Gasteiger partial charge in [0.25, 0.3) is 0 Å². The van der Waals surface area contributed by atoms with Crippen molar-refractivity contribution in [1.29, 1.82) is 0 Å². The van der Waals surface area contributed by atoms with Crippen LogP contribution in [0.25, 0.3) is 10.8 Å². The second-order valence-electron chi connectivity index (χ2n) is 6.35. The molecule has 0 aromatic heterocycles. The smallest absolute Gasteiger partial charge is 0.244 e. The summed E-state index contributed by atoms with van der Waals surface area (Å²) in [5.41, 5.74) is 0. The minimum atomic E-state index is -3.98. The summed E-state index contributed by atoms with van der Waals surface area (Å²) in [6, 6.07) is 9.54. The maximum atomic E-state index is 13.4. The standard InChI is InChI=1S/C19H21NO5S2/c1-3-12-20(15-11-13-26(21,22)14-15)27(23,24)19-10-9-18(25-4-2)16-7-5-6-8-17(16)19/h1,5-10,15H,4,11-14H2,2H3. The molecule has 1 unspecified atom stereocenters. The van der Waals surface area contributed by atoms with Gasteiger partial charge >= 0.3 is 0 Å². The lowest BCUT2D eigenvalue weighted by atomic mass is 10.1. The van der Waals surface area contributed by atoms with Crippen LogP contribution in [0.3, 0.4) is 0 Å². The van der Waals surface area contributed by atoms with E-state index in [0.29, 0.717) is 23.1 Å². The predicted octanol–water partition coefficient (Wildman–Crippen LogP) is 2.05. The first-order chi connectivity index (χ1) is 12.8. The minimum Gasteiger partial charge on any atom is -0.493 e. The van der Waals surface area contributed by atoms with Crippen LogP contribution >= 0.6 is 0 Å². The molecule has 0 saturated carbocycles. The van der Waals surface area contributed by atoms with Crippen molar-refractivity contribution in [1.82, 2.24) is 4.31 Å². The zero-order valence-corrected chi connectivity index (χ0v) is 16.6. The van der Waals surface area contributed by atoms with Gasteiger partial charge in [-0.25, -0.2) is 16.8 Å². The van der Waals surface area contributed by atoms with E-state index in [-0.39, 0.29) is 29.4 Å². The number of benzene rings is 2. The lowest BCUT2D eigenvalue weighted by Gasteiger charge is -2.26. The highest BCUT2D eigenvalue weighted by atomic mass is 32.2. The van der Waals surface area contributed by atoms with Crippen LogP contribution in [0.4, 0.5) is 0 Å². The number of sulfone groups is 1. The van der Waals surface area contributed by atoms with Crippen LogP contribution in [0.1, 0.15) is 13.3 Å². The largest absolute Gasteiger partial charge is 0.493 e. The predicted molar refractivity (Wildman–Crippen MR) is 105 cm³/mol. The van der Waals surface area contributed by atoms with Crippen LogP contribution in [-0.4, -0.2) is 51.8 Å². The first-order valence-electron chi connectivity index (χ1n) is 8.60. The Bertz CT molecular complexity index is 1100. The van der Waals surface area contributed by atoms with Gasteiger partial charge < -0.3 is 4.74 Å². The average Bonchev–Trinajstić information content (AvgIpc) is 2.99. The highest BCUT2D eigenvalue weighted by molar-refractivity contribution is 7.92. The van der Waals surface area contributed by atoms with Gasteiger partial charge in [-0.1, -0.05) is 30.2 Å². The van der Waals surface area contributed by atoms with Crippen LogP contribution in [-0.2, 0) is 19.9 Å². The zero-order valence-electron chi connectivity index (χ0n) is 15.0. The summed E-state index contributed by atoms with van der Waals surface area (Å²) >= 11 is 0. The number of sulfonamides is 1. The molecule has 1 aliphatic rings. The lowest BCUT2D eigenvalue weighted by Crippen LogP contribution is -2.41. The van der Waals surface area contributed by atoms with Crippen LogP contribution in [0.5, 0.6) is 5.75 Å². The SMILES string of the molecule is C#CCN(C1CCS(=O)(=O)C1)S(=O)(=O)c1ccc(OCC)c2ccccc12. The number of ether oxygens (including phenoxy) is 1. The fraction of sp³-hybridized carbons (Fsp3) is 0.368. The monoisotopic (exact) mass is 407 g/mol. The molecule has 1 heterocycles. The van der Waals surface area contributed by atoms with E-state index in [2.05, 4.69) is 5.92 Å². The molecule has 0 bridgehead atoms. The van der Waals surface area contributed by atoms with Crippen molar-refractivity contribution in [2.45, 2.75) is 24.3 Å². The van der Waals surface area contributed by atoms with Gasteiger partial charge in [0.2, 0.25) is 10.0 Å². The molecule has 0 spiro atoms. The van der Waals surface area contributed by atoms with Gasteiger partial charge in [0, 0.05) is 16.8 Å². The van der Waals surface area contributed by atoms with Gasteiger partial charge in [0.15, 0.2) is 9.84 Å². The second-order valence-corrected chi connectivity index (χ2v) is 10.4. The first kappa shape index (κ1) is 19.7. The van der Waals surface area contributed by atoms with Crippen molar-refractivity contribution in [2.75, 3.05) is 24.7 Å². The molecule has 8 heteroatoms. The summed E-state index contributed by atoms with van der Waals surface area (Å²) in [6.07, 6.45) is 5.64. The quantitative estimate of drug-likeness (QED) is 0.685. The van der Waals surface area contributed by atoms with E-state index < -0.39 is 25.9 Å². The molecule has 0 aliphatic carbocycles. The number of hydrogen-bond acceptors (Lipinski definition) is 5. The molecule has 0 radical (unpaired) electrons. The molecule has 0 amide bonds.